The lowest BCUT2D eigenvalue weighted by Gasteiger charge is -2.29. The maximum Gasteiger partial charge on any atom is 0.407 e. The molecule has 0 heterocycles. The van der Waals surface area contributed by atoms with E-state index < -0.39 is 35.5 Å². The molecule has 3 unspecified atom stereocenters. The molecule has 2 aliphatic carbocycles. The van der Waals surface area contributed by atoms with Gasteiger partial charge >= 0.3 is 12.1 Å². The van der Waals surface area contributed by atoms with Gasteiger partial charge < -0.3 is 20.5 Å². The highest BCUT2D eigenvalue weighted by Gasteiger charge is 2.49. The topological polar surface area (TPSA) is 105 Å². The summed E-state index contributed by atoms with van der Waals surface area (Å²) in [5, 5.41) is 15.0. The minimum atomic E-state index is -1.28. The van der Waals surface area contributed by atoms with Crippen molar-refractivity contribution in [2.75, 3.05) is 6.61 Å². The van der Waals surface area contributed by atoms with Crippen LogP contribution in [0.4, 0.5) is 4.79 Å². The van der Waals surface area contributed by atoms with E-state index in [9.17, 15) is 19.5 Å². The van der Waals surface area contributed by atoms with Gasteiger partial charge in [0.15, 0.2) is 0 Å². The van der Waals surface area contributed by atoms with E-state index in [1.807, 2.05) is 24.3 Å². The molecule has 2 amide bonds. The van der Waals surface area contributed by atoms with Crippen molar-refractivity contribution in [2.24, 2.45) is 11.8 Å². The molecule has 33 heavy (non-hydrogen) atoms. The predicted octanol–water partition coefficient (Wildman–Crippen LogP) is 3.92. The average Bonchev–Trinajstić information content (AvgIpc) is 3.61. The molecule has 0 bridgehead atoms. The lowest BCUT2D eigenvalue weighted by Crippen LogP contribution is -2.57. The summed E-state index contributed by atoms with van der Waals surface area (Å²) in [5.74, 6) is -2.17. The lowest BCUT2D eigenvalue weighted by molar-refractivity contribution is -0.148. The quantitative estimate of drug-likeness (QED) is 0.565. The van der Waals surface area contributed by atoms with E-state index in [1.165, 1.54) is 0 Å². The van der Waals surface area contributed by atoms with Crippen LogP contribution < -0.4 is 10.6 Å². The van der Waals surface area contributed by atoms with Crippen LogP contribution >= 0.6 is 0 Å². The number of alkyl carbamates (subject to hydrolysis) is 1. The van der Waals surface area contributed by atoms with Gasteiger partial charge in [-0.05, 0) is 54.9 Å². The first-order valence-corrected chi connectivity index (χ1v) is 11.4. The first-order chi connectivity index (χ1) is 15.7. The maximum atomic E-state index is 12.7. The Labute approximate surface area is 193 Å². The van der Waals surface area contributed by atoms with Crippen molar-refractivity contribution >= 4 is 18.0 Å². The summed E-state index contributed by atoms with van der Waals surface area (Å²) in [6, 6.07) is 15.7. The molecule has 3 N–H and O–H groups in total. The Morgan fingerprint density at radius 1 is 1.03 bits per heavy atom. The minimum absolute atomic E-state index is 0.0472. The monoisotopic (exact) mass is 450 g/mol. The Balaban J connectivity index is 1.34. The average molecular weight is 451 g/mol. The summed E-state index contributed by atoms with van der Waals surface area (Å²) < 4.78 is 5.55. The number of carboxylic acids is 1. The zero-order chi connectivity index (χ0) is 23.8. The number of ether oxygens (including phenoxy) is 1. The Morgan fingerprint density at radius 3 is 2.09 bits per heavy atom. The van der Waals surface area contributed by atoms with Gasteiger partial charge in [-0.1, -0.05) is 55.5 Å². The second-order valence-electron chi connectivity index (χ2n) is 9.32. The third-order valence-corrected chi connectivity index (χ3v) is 7.07. The van der Waals surface area contributed by atoms with Gasteiger partial charge in [0.2, 0.25) is 5.91 Å². The molecule has 0 spiro atoms. The molecule has 4 rings (SSSR count). The summed E-state index contributed by atoms with van der Waals surface area (Å²) in [6.45, 7) is 5.10. The van der Waals surface area contributed by atoms with E-state index in [0.29, 0.717) is 0 Å². The van der Waals surface area contributed by atoms with Crippen LogP contribution in [0.5, 0.6) is 0 Å². The van der Waals surface area contributed by atoms with Crippen molar-refractivity contribution in [3.05, 3.63) is 59.7 Å². The molecule has 2 aliphatic rings. The molecule has 7 nitrogen and oxygen atoms in total. The van der Waals surface area contributed by atoms with Gasteiger partial charge in [-0.2, -0.15) is 0 Å². The van der Waals surface area contributed by atoms with Crippen LogP contribution in [0.2, 0.25) is 0 Å². The van der Waals surface area contributed by atoms with Gasteiger partial charge in [0.05, 0.1) is 5.92 Å². The van der Waals surface area contributed by atoms with Gasteiger partial charge in [0, 0.05) is 12.0 Å². The molecular formula is C26H30N2O5. The van der Waals surface area contributed by atoms with E-state index in [2.05, 4.69) is 34.9 Å². The fourth-order valence-corrected chi connectivity index (χ4v) is 4.54. The highest BCUT2D eigenvalue weighted by Crippen LogP contribution is 2.44. The highest BCUT2D eigenvalue weighted by atomic mass is 16.5. The van der Waals surface area contributed by atoms with E-state index in [4.69, 9.17) is 4.74 Å². The molecule has 0 aliphatic heterocycles. The SMILES string of the molecule is CC(NC(=O)OCC1c2ccccc2-c2ccccc21)C(C)C(=O)NC(C)(C(=O)O)C1CC1. The number of hydrogen-bond acceptors (Lipinski definition) is 4. The van der Waals surface area contributed by atoms with Crippen LogP contribution in [0.15, 0.2) is 48.5 Å². The van der Waals surface area contributed by atoms with Gasteiger partial charge in [-0.25, -0.2) is 9.59 Å². The zero-order valence-corrected chi connectivity index (χ0v) is 19.1. The molecule has 1 saturated carbocycles. The largest absolute Gasteiger partial charge is 0.480 e. The van der Waals surface area contributed by atoms with Crippen molar-refractivity contribution in [1.29, 1.82) is 0 Å². The standard InChI is InChI=1S/C26H30N2O5/c1-15(23(29)28-26(3,24(30)31)17-12-13-17)16(2)27-25(32)33-14-22-20-10-6-4-8-18(20)19-9-5-7-11-21(19)22/h4-11,15-17,22H,12-14H2,1-3H3,(H,27,32)(H,28,29)(H,30,31). The number of nitrogens with one attached hydrogen (secondary N) is 2. The van der Waals surface area contributed by atoms with Crippen molar-refractivity contribution in [1.82, 2.24) is 10.6 Å². The Bertz CT molecular complexity index is 1030. The first kappa shape index (κ1) is 22.8. The lowest BCUT2D eigenvalue weighted by atomic mass is 9.93. The molecule has 0 radical (unpaired) electrons. The summed E-state index contributed by atoms with van der Waals surface area (Å²) in [5.41, 5.74) is 3.27. The fraction of sp³-hybridized carbons (Fsp3) is 0.423. The van der Waals surface area contributed by atoms with Crippen molar-refractivity contribution in [3.63, 3.8) is 0 Å². The number of carbonyl (C=O) groups is 3. The van der Waals surface area contributed by atoms with Crippen LogP contribution in [0, 0.1) is 11.8 Å². The van der Waals surface area contributed by atoms with Crippen molar-refractivity contribution in [3.8, 4) is 11.1 Å². The molecule has 1 fully saturated rings. The van der Waals surface area contributed by atoms with E-state index in [0.717, 1.165) is 35.1 Å². The van der Waals surface area contributed by atoms with Crippen LogP contribution in [-0.4, -0.2) is 41.3 Å². The van der Waals surface area contributed by atoms with E-state index in [1.54, 1.807) is 20.8 Å². The molecular weight excluding hydrogens is 420 g/mol. The second-order valence-corrected chi connectivity index (χ2v) is 9.32. The number of fused-ring (bicyclic) bond motifs is 3. The molecule has 0 saturated heterocycles. The fourth-order valence-electron chi connectivity index (χ4n) is 4.54. The van der Waals surface area contributed by atoms with Gasteiger partial charge in [-0.3, -0.25) is 4.79 Å². The first-order valence-electron chi connectivity index (χ1n) is 11.4. The van der Waals surface area contributed by atoms with Crippen LogP contribution in [0.3, 0.4) is 0 Å². The number of rotatable bonds is 8. The number of aliphatic carboxylic acids is 1. The summed E-state index contributed by atoms with van der Waals surface area (Å²) in [6.07, 6.45) is 0.961. The Hall–Kier alpha value is -3.35. The summed E-state index contributed by atoms with van der Waals surface area (Å²) in [4.78, 5) is 36.9. The van der Waals surface area contributed by atoms with E-state index in [-0.39, 0.29) is 18.4 Å². The van der Waals surface area contributed by atoms with Crippen LogP contribution in [0.25, 0.3) is 11.1 Å². The number of benzene rings is 2. The zero-order valence-electron chi connectivity index (χ0n) is 19.1. The second kappa shape index (κ2) is 8.89. The Morgan fingerprint density at radius 2 is 1.58 bits per heavy atom. The molecule has 2 aromatic rings. The normalized spacial score (nSPS) is 18.3. The Kier molecular flexibility index (Phi) is 6.15. The van der Waals surface area contributed by atoms with Gasteiger partial charge in [0.25, 0.3) is 0 Å². The molecule has 0 aromatic heterocycles. The van der Waals surface area contributed by atoms with Gasteiger partial charge in [-0.15, -0.1) is 0 Å². The highest BCUT2D eigenvalue weighted by molar-refractivity contribution is 5.88. The van der Waals surface area contributed by atoms with Crippen molar-refractivity contribution in [2.45, 2.75) is 51.1 Å². The third kappa shape index (κ3) is 4.45. The molecule has 7 heteroatoms. The van der Waals surface area contributed by atoms with Crippen LogP contribution in [0.1, 0.15) is 50.7 Å². The predicted molar refractivity (Wildman–Crippen MR) is 124 cm³/mol. The number of amides is 2. The molecule has 174 valence electrons. The molecule has 2 aromatic carbocycles. The van der Waals surface area contributed by atoms with Crippen molar-refractivity contribution < 1.29 is 24.2 Å². The summed E-state index contributed by atoms with van der Waals surface area (Å²) >= 11 is 0. The van der Waals surface area contributed by atoms with Gasteiger partial charge in [0.1, 0.15) is 12.1 Å². The summed E-state index contributed by atoms with van der Waals surface area (Å²) in [7, 11) is 0. The van der Waals surface area contributed by atoms with E-state index >= 15 is 0 Å². The minimum Gasteiger partial charge on any atom is -0.480 e. The number of carboxylic acid groups (broad SMARTS) is 1. The maximum absolute atomic E-state index is 12.7. The number of hydrogen-bond donors (Lipinski definition) is 3. The van der Waals surface area contributed by atoms with Crippen LogP contribution in [-0.2, 0) is 14.3 Å². The number of carbonyl (C=O) groups excluding carboxylic acids is 2. The smallest absolute Gasteiger partial charge is 0.407 e. The molecule has 3 atom stereocenters. The third-order valence-electron chi connectivity index (χ3n) is 7.07.